The SMILES string of the molecule is O=C(CI)Nc1cccc(NC(=O)C(=O)O)c1. The third kappa shape index (κ3) is 4.39. The van der Waals surface area contributed by atoms with Crippen molar-refractivity contribution in [1.82, 2.24) is 0 Å². The fraction of sp³-hybridized carbons (Fsp3) is 0.100. The zero-order chi connectivity index (χ0) is 12.8. The molecule has 1 aromatic rings. The van der Waals surface area contributed by atoms with Gasteiger partial charge >= 0.3 is 11.9 Å². The molecule has 0 heterocycles. The third-order valence-corrected chi connectivity index (χ3v) is 2.41. The molecule has 0 aromatic heterocycles. The van der Waals surface area contributed by atoms with Crippen molar-refractivity contribution in [1.29, 1.82) is 0 Å². The molecule has 0 spiro atoms. The summed E-state index contributed by atoms with van der Waals surface area (Å²) in [5.74, 6) is -2.86. The van der Waals surface area contributed by atoms with Crippen LogP contribution in [0.15, 0.2) is 24.3 Å². The van der Waals surface area contributed by atoms with Gasteiger partial charge in [-0.1, -0.05) is 28.7 Å². The van der Waals surface area contributed by atoms with Gasteiger partial charge in [-0.2, -0.15) is 0 Å². The molecule has 7 heteroatoms. The Balaban J connectivity index is 2.75. The predicted molar refractivity (Wildman–Crippen MR) is 70.2 cm³/mol. The predicted octanol–water partition coefficient (Wildman–Crippen LogP) is 1.08. The van der Waals surface area contributed by atoms with E-state index in [2.05, 4.69) is 10.6 Å². The summed E-state index contributed by atoms with van der Waals surface area (Å²) in [6, 6.07) is 6.24. The minimum absolute atomic E-state index is 0.174. The molecule has 3 N–H and O–H groups in total. The monoisotopic (exact) mass is 348 g/mol. The Hall–Kier alpha value is -1.64. The summed E-state index contributed by atoms with van der Waals surface area (Å²) in [7, 11) is 0. The van der Waals surface area contributed by atoms with Crippen LogP contribution in [0.3, 0.4) is 0 Å². The van der Waals surface area contributed by atoms with Crippen molar-refractivity contribution in [3.8, 4) is 0 Å². The van der Waals surface area contributed by atoms with Crippen molar-refractivity contribution in [2.75, 3.05) is 15.1 Å². The van der Waals surface area contributed by atoms with Crippen LogP contribution in [0.25, 0.3) is 0 Å². The molecular formula is C10H9IN2O4. The van der Waals surface area contributed by atoms with Crippen molar-refractivity contribution < 1.29 is 19.5 Å². The first-order valence-corrected chi connectivity index (χ1v) is 6.05. The lowest BCUT2D eigenvalue weighted by Crippen LogP contribution is -2.22. The number of amides is 2. The maximum Gasteiger partial charge on any atom is 0.394 e. The molecule has 0 saturated carbocycles. The first-order chi connectivity index (χ1) is 8.02. The molecule has 1 aromatic carbocycles. The zero-order valence-electron chi connectivity index (χ0n) is 8.57. The number of carbonyl (C=O) groups excluding carboxylic acids is 2. The average molecular weight is 348 g/mol. The van der Waals surface area contributed by atoms with Crippen molar-refractivity contribution in [2.24, 2.45) is 0 Å². The number of benzene rings is 1. The normalized spacial score (nSPS) is 9.47. The van der Waals surface area contributed by atoms with E-state index in [1.165, 1.54) is 12.1 Å². The number of carbonyl (C=O) groups is 3. The van der Waals surface area contributed by atoms with Gasteiger partial charge in [0.15, 0.2) is 0 Å². The van der Waals surface area contributed by atoms with E-state index in [1.54, 1.807) is 12.1 Å². The Morgan fingerprint density at radius 3 is 2.29 bits per heavy atom. The highest BCUT2D eigenvalue weighted by molar-refractivity contribution is 14.1. The van der Waals surface area contributed by atoms with Crippen LogP contribution in [-0.4, -0.2) is 27.3 Å². The number of alkyl halides is 1. The molecule has 0 radical (unpaired) electrons. The molecule has 90 valence electrons. The van der Waals surface area contributed by atoms with Crippen molar-refractivity contribution >= 4 is 51.7 Å². The maximum absolute atomic E-state index is 11.1. The maximum atomic E-state index is 11.1. The quantitative estimate of drug-likeness (QED) is 0.433. The fourth-order valence-corrected chi connectivity index (χ4v) is 1.24. The topological polar surface area (TPSA) is 95.5 Å². The standard InChI is InChI=1S/C10H9IN2O4/c11-5-8(14)12-6-2-1-3-7(4-6)13-9(15)10(16)17/h1-4H,5H2,(H,12,14)(H,13,15)(H,16,17). The lowest BCUT2D eigenvalue weighted by atomic mass is 10.2. The lowest BCUT2D eigenvalue weighted by molar-refractivity contribution is -0.147. The highest BCUT2D eigenvalue weighted by Gasteiger charge is 2.11. The minimum atomic E-state index is -1.56. The van der Waals surface area contributed by atoms with Crippen LogP contribution in [0.1, 0.15) is 0 Å². The number of anilines is 2. The van der Waals surface area contributed by atoms with Crippen molar-refractivity contribution in [3.63, 3.8) is 0 Å². The molecular weight excluding hydrogens is 339 g/mol. The summed E-state index contributed by atoms with van der Waals surface area (Å²) in [5, 5.41) is 13.2. The van der Waals surface area contributed by atoms with Crippen LogP contribution in [-0.2, 0) is 14.4 Å². The molecule has 0 saturated heterocycles. The van der Waals surface area contributed by atoms with Gasteiger partial charge in [0.25, 0.3) is 0 Å². The van der Waals surface area contributed by atoms with Gasteiger partial charge in [-0.05, 0) is 18.2 Å². The third-order valence-electron chi connectivity index (χ3n) is 1.72. The largest absolute Gasteiger partial charge is 0.474 e. The summed E-state index contributed by atoms with van der Waals surface area (Å²) in [6.07, 6.45) is 0. The van der Waals surface area contributed by atoms with Crippen molar-refractivity contribution in [3.05, 3.63) is 24.3 Å². The van der Waals surface area contributed by atoms with E-state index in [-0.39, 0.29) is 5.91 Å². The summed E-state index contributed by atoms with van der Waals surface area (Å²) in [4.78, 5) is 32.4. The van der Waals surface area contributed by atoms with E-state index in [9.17, 15) is 14.4 Å². The molecule has 0 atom stereocenters. The molecule has 0 aliphatic rings. The molecule has 0 bridgehead atoms. The average Bonchev–Trinajstić information content (AvgIpc) is 2.29. The van der Waals surface area contributed by atoms with E-state index in [0.717, 1.165) is 0 Å². The number of aliphatic carboxylic acids is 1. The van der Waals surface area contributed by atoms with E-state index >= 15 is 0 Å². The second-order valence-corrected chi connectivity index (χ2v) is 3.78. The smallest absolute Gasteiger partial charge is 0.394 e. The summed E-state index contributed by atoms with van der Waals surface area (Å²) in [5.41, 5.74) is 0.804. The molecule has 17 heavy (non-hydrogen) atoms. The van der Waals surface area contributed by atoms with Crippen LogP contribution < -0.4 is 10.6 Å². The number of nitrogens with one attached hydrogen (secondary N) is 2. The summed E-state index contributed by atoms with van der Waals surface area (Å²) in [6.45, 7) is 0. The summed E-state index contributed by atoms with van der Waals surface area (Å²) < 4.78 is 0.309. The molecule has 2 amide bonds. The Labute approximate surface area is 111 Å². The summed E-state index contributed by atoms with van der Waals surface area (Å²) >= 11 is 1.92. The second-order valence-electron chi connectivity index (χ2n) is 3.02. The van der Waals surface area contributed by atoms with Gasteiger partial charge in [-0.3, -0.25) is 9.59 Å². The number of carboxylic acid groups (broad SMARTS) is 1. The molecule has 0 unspecified atom stereocenters. The lowest BCUT2D eigenvalue weighted by Gasteiger charge is -2.06. The van der Waals surface area contributed by atoms with Crippen LogP contribution in [0.4, 0.5) is 11.4 Å². The van der Waals surface area contributed by atoms with Gasteiger partial charge in [-0.25, -0.2) is 4.79 Å². The van der Waals surface area contributed by atoms with Gasteiger partial charge in [0.05, 0.1) is 4.43 Å². The molecule has 1 rings (SSSR count). The highest BCUT2D eigenvalue weighted by atomic mass is 127. The van der Waals surface area contributed by atoms with Crippen LogP contribution in [0, 0.1) is 0 Å². The molecule has 0 aliphatic heterocycles. The van der Waals surface area contributed by atoms with Crippen LogP contribution in [0.2, 0.25) is 0 Å². The molecule has 6 nitrogen and oxygen atoms in total. The second kappa shape index (κ2) is 6.18. The van der Waals surface area contributed by atoms with E-state index in [4.69, 9.17) is 5.11 Å². The number of carboxylic acids is 1. The number of hydrogen-bond acceptors (Lipinski definition) is 3. The number of hydrogen-bond donors (Lipinski definition) is 3. The number of halogens is 1. The van der Waals surface area contributed by atoms with Gasteiger partial charge in [0.1, 0.15) is 0 Å². The van der Waals surface area contributed by atoms with E-state index in [1.807, 2.05) is 22.6 Å². The fourth-order valence-electron chi connectivity index (χ4n) is 1.05. The van der Waals surface area contributed by atoms with Gasteiger partial charge in [-0.15, -0.1) is 0 Å². The first-order valence-electron chi connectivity index (χ1n) is 4.53. The van der Waals surface area contributed by atoms with E-state index in [0.29, 0.717) is 15.8 Å². The Morgan fingerprint density at radius 2 is 1.76 bits per heavy atom. The van der Waals surface area contributed by atoms with Crippen LogP contribution in [0.5, 0.6) is 0 Å². The van der Waals surface area contributed by atoms with Crippen molar-refractivity contribution in [2.45, 2.75) is 0 Å². The van der Waals surface area contributed by atoms with Gasteiger partial charge < -0.3 is 15.7 Å². The Morgan fingerprint density at radius 1 is 1.18 bits per heavy atom. The first kappa shape index (κ1) is 13.4. The minimum Gasteiger partial charge on any atom is -0.474 e. The molecule has 0 fully saturated rings. The Bertz CT molecular complexity index is 461. The number of rotatable bonds is 3. The van der Waals surface area contributed by atoms with Gasteiger partial charge in [0, 0.05) is 11.4 Å². The zero-order valence-corrected chi connectivity index (χ0v) is 10.7. The Kier molecular flexibility index (Phi) is 4.88. The highest BCUT2D eigenvalue weighted by Crippen LogP contribution is 2.15. The van der Waals surface area contributed by atoms with Gasteiger partial charge in [0.2, 0.25) is 5.91 Å². The molecule has 0 aliphatic carbocycles. The van der Waals surface area contributed by atoms with E-state index < -0.39 is 11.9 Å². The van der Waals surface area contributed by atoms with Crippen LogP contribution >= 0.6 is 22.6 Å².